The second kappa shape index (κ2) is 8.17. The molecular formula is C15H20N2O2. The van der Waals surface area contributed by atoms with E-state index in [9.17, 15) is 4.79 Å². The maximum atomic E-state index is 11.6. The van der Waals surface area contributed by atoms with Crippen LogP contribution in [-0.2, 0) is 6.54 Å². The first-order valence-corrected chi connectivity index (χ1v) is 6.35. The van der Waals surface area contributed by atoms with Gasteiger partial charge in [-0.3, -0.25) is 0 Å². The number of rotatable bonds is 4. The van der Waals surface area contributed by atoms with Crippen LogP contribution < -0.4 is 5.32 Å². The largest absolute Gasteiger partial charge is 0.395 e. The first-order valence-electron chi connectivity index (χ1n) is 6.35. The van der Waals surface area contributed by atoms with Crippen molar-refractivity contribution in [2.45, 2.75) is 19.9 Å². The molecule has 19 heavy (non-hydrogen) atoms. The fourth-order valence-electron chi connectivity index (χ4n) is 1.55. The van der Waals surface area contributed by atoms with Crippen LogP contribution in [0.3, 0.4) is 0 Å². The molecule has 0 aliphatic heterocycles. The average molecular weight is 260 g/mol. The van der Waals surface area contributed by atoms with Crippen LogP contribution in [0.4, 0.5) is 4.79 Å². The Labute approximate surface area is 114 Å². The molecule has 2 N–H and O–H groups in total. The molecular weight excluding hydrogens is 240 g/mol. The van der Waals surface area contributed by atoms with E-state index >= 15 is 0 Å². The van der Waals surface area contributed by atoms with Gasteiger partial charge in [0.15, 0.2) is 0 Å². The van der Waals surface area contributed by atoms with E-state index in [1.165, 1.54) is 0 Å². The van der Waals surface area contributed by atoms with Gasteiger partial charge in [-0.1, -0.05) is 24.0 Å². The minimum atomic E-state index is -0.0747. The van der Waals surface area contributed by atoms with Crippen LogP contribution in [0.5, 0.6) is 0 Å². The first kappa shape index (κ1) is 15.1. The zero-order valence-electron chi connectivity index (χ0n) is 11.4. The topological polar surface area (TPSA) is 52.6 Å². The van der Waals surface area contributed by atoms with Gasteiger partial charge in [0.1, 0.15) is 0 Å². The van der Waals surface area contributed by atoms with Gasteiger partial charge >= 0.3 is 6.03 Å². The van der Waals surface area contributed by atoms with E-state index in [0.717, 1.165) is 11.1 Å². The van der Waals surface area contributed by atoms with Gasteiger partial charge < -0.3 is 15.3 Å². The molecule has 1 rings (SSSR count). The molecule has 0 radical (unpaired) electrons. The van der Waals surface area contributed by atoms with Gasteiger partial charge in [0, 0.05) is 32.1 Å². The van der Waals surface area contributed by atoms with E-state index < -0.39 is 0 Å². The van der Waals surface area contributed by atoms with Gasteiger partial charge in [-0.15, -0.1) is 0 Å². The number of carbonyl (C=O) groups excluding carboxylic acids is 1. The Morgan fingerprint density at radius 1 is 1.37 bits per heavy atom. The summed E-state index contributed by atoms with van der Waals surface area (Å²) in [5, 5.41) is 11.4. The van der Waals surface area contributed by atoms with Crippen LogP contribution in [0.2, 0.25) is 0 Å². The third kappa shape index (κ3) is 5.45. The molecule has 0 spiro atoms. The lowest BCUT2D eigenvalue weighted by molar-refractivity contribution is 0.207. The Balaban J connectivity index is 2.57. The maximum absolute atomic E-state index is 11.6. The Bertz CT molecular complexity index is 457. The van der Waals surface area contributed by atoms with Crippen molar-refractivity contribution in [3.8, 4) is 11.8 Å². The summed E-state index contributed by atoms with van der Waals surface area (Å²) >= 11 is 0. The van der Waals surface area contributed by atoms with E-state index in [4.69, 9.17) is 5.11 Å². The number of hydrogen-bond donors (Lipinski definition) is 2. The molecule has 4 heteroatoms. The lowest BCUT2D eigenvalue weighted by Crippen LogP contribution is -2.36. The molecule has 4 nitrogen and oxygen atoms in total. The normalized spacial score (nSPS) is 9.42. The van der Waals surface area contributed by atoms with E-state index in [0.29, 0.717) is 19.5 Å². The molecule has 0 heterocycles. The summed E-state index contributed by atoms with van der Waals surface area (Å²) in [5.41, 5.74) is 1.97. The summed E-state index contributed by atoms with van der Waals surface area (Å²) in [6, 6.07) is 7.68. The highest BCUT2D eigenvalue weighted by atomic mass is 16.2. The maximum Gasteiger partial charge on any atom is 0.317 e. The molecule has 0 saturated carbocycles. The highest BCUT2D eigenvalue weighted by Crippen LogP contribution is 2.06. The number of carbonyl (C=O) groups is 1. The second-order valence-electron chi connectivity index (χ2n) is 4.16. The Morgan fingerprint density at radius 3 is 2.63 bits per heavy atom. The van der Waals surface area contributed by atoms with Crippen LogP contribution >= 0.6 is 0 Å². The van der Waals surface area contributed by atoms with Crippen LogP contribution in [0.15, 0.2) is 24.3 Å². The third-order valence-electron chi connectivity index (χ3n) is 2.52. The quantitative estimate of drug-likeness (QED) is 0.808. The average Bonchev–Trinajstić information content (AvgIpc) is 2.41. The monoisotopic (exact) mass is 260 g/mol. The number of aliphatic hydroxyl groups excluding tert-OH is 1. The van der Waals surface area contributed by atoms with E-state index in [-0.39, 0.29) is 12.6 Å². The van der Waals surface area contributed by atoms with Crippen molar-refractivity contribution in [1.29, 1.82) is 0 Å². The predicted octanol–water partition coefficient (Wildman–Crippen LogP) is 1.58. The van der Waals surface area contributed by atoms with Gasteiger partial charge in [0.2, 0.25) is 0 Å². The van der Waals surface area contributed by atoms with Crippen molar-refractivity contribution in [2.75, 3.05) is 20.2 Å². The zero-order chi connectivity index (χ0) is 14.1. The summed E-state index contributed by atoms with van der Waals surface area (Å²) in [6.45, 7) is 3.17. The smallest absolute Gasteiger partial charge is 0.317 e. The molecule has 0 fully saturated rings. The third-order valence-corrected chi connectivity index (χ3v) is 2.52. The lowest BCUT2D eigenvalue weighted by atomic mass is 10.1. The fourth-order valence-corrected chi connectivity index (χ4v) is 1.55. The number of nitrogens with one attached hydrogen (secondary N) is 1. The van der Waals surface area contributed by atoms with Gasteiger partial charge in [-0.25, -0.2) is 4.79 Å². The summed E-state index contributed by atoms with van der Waals surface area (Å²) in [6.07, 6.45) is 0.488. The number of nitrogens with zero attached hydrogens (tertiary/aromatic N) is 1. The highest BCUT2D eigenvalue weighted by Gasteiger charge is 2.06. The number of benzene rings is 1. The van der Waals surface area contributed by atoms with Crippen LogP contribution in [-0.4, -0.2) is 36.2 Å². The Morgan fingerprint density at radius 2 is 2.05 bits per heavy atom. The van der Waals surface area contributed by atoms with Gasteiger partial charge in [0.25, 0.3) is 0 Å². The molecule has 1 aromatic rings. The van der Waals surface area contributed by atoms with Crippen LogP contribution in [0, 0.1) is 11.8 Å². The second-order valence-corrected chi connectivity index (χ2v) is 4.16. The standard InChI is InChI=1S/C15H20N2O2/c1-3-16-15(19)17(2)12-14-9-7-13(8-10-14)6-4-5-11-18/h7-10,18H,3,5,11-12H2,1-2H3,(H,16,19). The Hall–Kier alpha value is -1.99. The minimum Gasteiger partial charge on any atom is -0.395 e. The van der Waals surface area contributed by atoms with Crippen molar-refractivity contribution in [3.63, 3.8) is 0 Å². The SMILES string of the molecule is CCNC(=O)N(C)Cc1ccc(C#CCCO)cc1. The van der Waals surface area contributed by atoms with Gasteiger partial charge in [-0.2, -0.15) is 0 Å². The molecule has 102 valence electrons. The van der Waals surface area contributed by atoms with Crippen LogP contribution in [0.25, 0.3) is 0 Å². The molecule has 0 aliphatic rings. The predicted molar refractivity (Wildman–Crippen MR) is 75.6 cm³/mol. The fraction of sp³-hybridized carbons (Fsp3) is 0.400. The van der Waals surface area contributed by atoms with Crippen molar-refractivity contribution in [3.05, 3.63) is 35.4 Å². The summed E-state index contributed by atoms with van der Waals surface area (Å²) in [5.74, 6) is 5.84. The molecule has 2 amide bonds. The van der Waals surface area contributed by atoms with E-state index in [1.54, 1.807) is 11.9 Å². The summed E-state index contributed by atoms with van der Waals surface area (Å²) in [4.78, 5) is 13.2. The number of aliphatic hydroxyl groups is 1. The molecule has 0 aliphatic carbocycles. The molecule has 0 aromatic heterocycles. The van der Waals surface area contributed by atoms with Gasteiger partial charge in [0.05, 0.1) is 6.61 Å². The highest BCUT2D eigenvalue weighted by molar-refractivity contribution is 5.73. The number of urea groups is 1. The number of amides is 2. The Kier molecular flexibility index (Phi) is 6.48. The summed E-state index contributed by atoms with van der Waals surface area (Å²) < 4.78 is 0. The van der Waals surface area contributed by atoms with E-state index in [1.807, 2.05) is 31.2 Å². The molecule has 0 bridgehead atoms. The van der Waals surface area contributed by atoms with Crippen LogP contribution in [0.1, 0.15) is 24.5 Å². The first-order chi connectivity index (χ1) is 9.17. The molecule has 0 unspecified atom stereocenters. The molecule has 1 aromatic carbocycles. The van der Waals surface area contributed by atoms with E-state index in [2.05, 4.69) is 17.2 Å². The number of hydrogen-bond acceptors (Lipinski definition) is 2. The molecule has 0 atom stereocenters. The lowest BCUT2D eigenvalue weighted by Gasteiger charge is -2.17. The zero-order valence-corrected chi connectivity index (χ0v) is 11.4. The van der Waals surface area contributed by atoms with Gasteiger partial charge in [-0.05, 0) is 24.6 Å². The molecule has 0 saturated heterocycles. The minimum absolute atomic E-state index is 0.0747. The van der Waals surface area contributed by atoms with Crippen molar-refractivity contribution < 1.29 is 9.90 Å². The van der Waals surface area contributed by atoms with Crippen molar-refractivity contribution >= 4 is 6.03 Å². The summed E-state index contributed by atoms with van der Waals surface area (Å²) in [7, 11) is 1.76. The van der Waals surface area contributed by atoms with Crippen molar-refractivity contribution in [1.82, 2.24) is 10.2 Å². The van der Waals surface area contributed by atoms with Crippen molar-refractivity contribution in [2.24, 2.45) is 0 Å².